The number of halogens is 2. The Hall–Kier alpha value is -3.05. The van der Waals surface area contributed by atoms with Gasteiger partial charge in [-0.25, -0.2) is 23.5 Å². The van der Waals surface area contributed by atoms with Gasteiger partial charge in [-0.3, -0.25) is 16.0 Å². The second-order valence-electron chi connectivity index (χ2n) is 6.32. The Bertz CT molecular complexity index is 891. The minimum Gasteiger partial charge on any atom is -0.435 e. The van der Waals surface area contributed by atoms with E-state index < -0.39 is 18.6 Å². The smallest absolute Gasteiger partial charge is 0.413 e. The number of hydrogen-bond donors (Lipinski definition) is 4. The van der Waals surface area contributed by atoms with Gasteiger partial charge in [0, 0.05) is 37.9 Å². The van der Waals surface area contributed by atoms with Crippen LogP contribution >= 0.6 is 0 Å². The molecular formula is C17H18F2N6O3. The van der Waals surface area contributed by atoms with E-state index >= 15 is 0 Å². The molecule has 28 heavy (non-hydrogen) atoms. The van der Waals surface area contributed by atoms with E-state index in [-0.39, 0.29) is 11.4 Å². The molecule has 1 atom stereocenters. The molecule has 0 aliphatic carbocycles. The maximum Gasteiger partial charge on any atom is 0.413 e. The highest BCUT2D eigenvalue weighted by molar-refractivity contribution is 5.89. The predicted octanol–water partition coefficient (Wildman–Crippen LogP) is 2.22. The Morgan fingerprint density at radius 3 is 2.79 bits per heavy atom. The summed E-state index contributed by atoms with van der Waals surface area (Å²) in [6.07, 6.45) is -4.23. The number of hydrogen-bond acceptors (Lipinski definition) is 8. The van der Waals surface area contributed by atoms with E-state index in [1.165, 1.54) is 6.20 Å². The Balaban J connectivity index is 1.82. The maximum absolute atomic E-state index is 13.5. The number of alkyl halides is 2. The van der Waals surface area contributed by atoms with Gasteiger partial charge in [-0.2, -0.15) is 0 Å². The molecule has 0 radical (unpaired) electrons. The van der Waals surface area contributed by atoms with Crippen molar-refractivity contribution in [3.05, 3.63) is 30.0 Å². The zero-order valence-corrected chi connectivity index (χ0v) is 14.7. The summed E-state index contributed by atoms with van der Waals surface area (Å²) < 4.78 is 31.9. The molecule has 2 aromatic heterocycles. The molecule has 4 heterocycles. The molecule has 2 aromatic rings. The molecule has 4 rings (SSSR count). The lowest BCUT2D eigenvalue weighted by Gasteiger charge is -2.30. The van der Waals surface area contributed by atoms with E-state index in [9.17, 15) is 18.8 Å². The summed E-state index contributed by atoms with van der Waals surface area (Å²) in [6.45, 7) is 2.88. The van der Waals surface area contributed by atoms with Crippen LogP contribution in [0.3, 0.4) is 0 Å². The second-order valence-corrected chi connectivity index (χ2v) is 6.32. The summed E-state index contributed by atoms with van der Waals surface area (Å²) in [6, 6.07) is 4.76. The first-order valence-electron chi connectivity index (χ1n) is 8.70. The first-order chi connectivity index (χ1) is 13.6. The lowest BCUT2D eigenvalue weighted by Crippen LogP contribution is -2.44. The predicted molar refractivity (Wildman–Crippen MR) is 96.8 cm³/mol. The quantitative estimate of drug-likeness (QED) is 0.586. The molecule has 4 N–H and O–H groups in total. The number of aromatic nitrogens is 2. The van der Waals surface area contributed by atoms with Crippen LogP contribution in [0.1, 0.15) is 11.7 Å². The summed E-state index contributed by atoms with van der Waals surface area (Å²) in [5, 5.41) is 15.0. The number of ether oxygens (including phenoxy) is 1. The number of rotatable bonds is 4. The number of anilines is 3. The van der Waals surface area contributed by atoms with Crippen molar-refractivity contribution in [3.8, 4) is 11.3 Å². The van der Waals surface area contributed by atoms with Crippen molar-refractivity contribution >= 4 is 23.4 Å². The number of nitrogens with one attached hydrogen (secondary N) is 3. The third-order valence-electron chi connectivity index (χ3n) is 4.65. The first-order valence-corrected chi connectivity index (χ1v) is 8.70. The van der Waals surface area contributed by atoms with Crippen LogP contribution in [0.4, 0.5) is 30.9 Å². The van der Waals surface area contributed by atoms with Gasteiger partial charge in [-0.05, 0) is 18.2 Å². The van der Waals surface area contributed by atoms with Crippen LogP contribution in [-0.2, 0) is 4.74 Å². The lowest BCUT2D eigenvalue weighted by molar-refractivity contribution is -0.0168. The molecule has 1 fully saturated rings. The Morgan fingerprint density at radius 2 is 2.07 bits per heavy atom. The average molecular weight is 392 g/mol. The molecule has 1 unspecified atom stereocenters. The third-order valence-corrected chi connectivity index (χ3v) is 4.65. The lowest BCUT2D eigenvalue weighted by atomic mass is 9.99. The van der Waals surface area contributed by atoms with Gasteiger partial charge >= 0.3 is 6.09 Å². The topological polar surface area (TPSA) is 112 Å². The van der Waals surface area contributed by atoms with Gasteiger partial charge in [-0.1, -0.05) is 0 Å². The highest BCUT2D eigenvalue weighted by atomic mass is 19.3. The number of amides is 1. The van der Waals surface area contributed by atoms with Gasteiger partial charge in [0.15, 0.2) is 11.9 Å². The molecular weight excluding hydrogens is 374 g/mol. The summed E-state index contributed by atoms with van der Waals surface area (Å²) in [4.78, 5) is 22.1. The van der Waals surface area contributed by atoms with Crippen LogP contribution in [0.5, 0.6) is 0 Å². The fourth-order valence-electron chi connectivity index (χ4n) is 3.37. The van der Waals surface area contributed by atoms with Crippen LogP contribution in [0.2, 0.25) is 0 Å². The molecule has 1 saturated heterocycles. The van der Waals surface area contributed by atoms with Gasteiger partial charge in [-0.15, -0.1) is 0 Å². The minimum atomic E-state index is -2.92. The molecule has 2 aliphatic heterocycles. The van der Waals surface area contributed by atoms with Crippen molar-refractivity contribution in [3.63, 3.8) is 0 Å². The van der Waals surface area contributed by atoms with E-state index in [1.807, 2.05) is 4.90 Å². The molecule has 148 valence electrons. The van der Waals surface area contributed by atoms with Crippen LogP contribution in [0, 0.1) is 0 Å². The standard InChI is InChI=1S/C17H18F2N6O3/c18-14(19)13-12-9(3-4-21-15(12)23-17(26)28-13)10-1-2-11(24-27)16(22-10)25-7-5-20-6-8-25/h1-4,13-14,20,24,27H,5-8H2,(H,21,23,26). The first kappa shape index (κ1) is 18.3. The highest BCUT2D eigenvalue weighted by Crippen LogP contribution is 2.40. The molecule has 0 aromatic carbocycles. The monoisotopic (exact) mass is 392 g/mol. The molecule has 2 aliphatic rings. The van der Waals surface area contributed by atoms with Gasteiger partial charge in [0.25, 0.3) is 6.43 Å². The Morgan fingerprint density at radius 1 is 1.29 bits per heavy atom. The normalized spacial score (nSPS) is 19.1. The number of fused-ring (bicyclic) bond motifs is 1. The van der Waals surface area contributed by atoms with E-state index in [4.69, 9.17) is 4.74 Å². The van der Waals surface area contributed by atoms with Crippen LogP contribution < -0.4 is 21.0 Å². The van der Waals surface area contributed by atoms with Crippen molar-refractivity contribution in [1.29, 1.82) is 0 Å². The van der Waals surface area contributed by atoms with Gasteiger partial charge < -0.3 is 15.0 Å². The zero-order chi connectivity index (χ0) is 19.7. The fraction of sp³-hybridized carbons (Fsp3) is 0.353. The molecule has 0 spiro atoms. The van der Waals surface area contributed by atoms with Crippen molar-refractivity contribution in [2.75, 3.05) is 41.9 Å². The summed E-state index contributed by atoms with van der Waals surface area (Å²) in [5.41, 5.74) is 3.38. The van der Waals surface area contributed by atoms with Crippen molar-refractivity contribution in [2.45, 2.75) is 12.5 Å². The van der Waals surface area contributed by atoms with E-state index in [0.717, 1.165) is 13.1 Å². The van der Waals surface area contributed by atoms with Crippen LogP contribution in [0.15, 0.2) is 24.4 Å². The summed E-state index contributed by atoms with van der Waals surface area (Å²) >= 11 is 0. The average Bonchev–Trinajstić information content (AvgIpc) is 2.72. The number of carbonyl (C=O) groups is 1. The maximum atomic E-state index is 13.5. The largest absolute Gasteiger partial charge is 0.435 e. The van der Waals surface area contributed by atoms with E-state index in [0.29, 0.717) is 35.9 Å². The number of cyclic esters (lactones) is 1. The molecule has 11 heteroatoms. The van der Waals surface area contributed by atoms with Crippen molar-refractivity contribution < 1.29 is 23.5 Å². The zero-order valence-electron chi connectivity index (χ0n) is 14.7. The summed E-state index contributed by atoms with van der Waals surface area (Å²) in [7, 11) is 0. The molecule has 9 nitrogen and oxygen atoms in total. The van der Waals surface area contributed by atoms with E-state index in [1.54, 1.807) is 18.2 Å². The molecule has 0 bridgehead atoms. The van der Waals surface area contributed by atoms with Crippen LogP contribution in [0.25, 0.3) is 11.3 Å². The Labute approximate surface area is 158 Å². The highest BCUT2D eigenvalue weighted by Gasteiger charge is 2.37. The minimum absolute atomic E-state index is 0.0222. The van der Waals surface area contributed by atoms with Crippen LogP contribution in [-0.4, -0.2) is 53.9 Å². The fourth-order valence-corrected chi connectivity index (χ4v) is 3.37. The van der Waals surface area contributed by atoms with Gasteiger partial charge in [0.2, 0.25) is 0 Å². The number of piperazine rings is 1. The Kier molecular flexibility index (Phi) is 4.92. The SMILES string of the molecule is O=C1Nc2nccc(-c3ccc(NO)c(N4CCNCC4)n3)c2C(C(F)F)O1. The van der Waals surface area contributed by atoms with Crippen molar-refractivity contribution in [2.24, 2.45) is 0 Å². The number of carbonyl (C=O) groups excluding carboxylic acids is 1. The number of nitrogens with zero attached hydrogens (tertiary/aromatic N) is 3. The second kappa shape index (κ2) is 7.52. The third kappa shape index (κ3) is 3.29. The number of pyridine rings is 2. The van der Waals surface area contributed by atoms with E-state index in [2.05, 4.69) is 26.1 Å². The van der Waals surface area contributed by atoms with Gasteiger partial charge in [0.1, 0.15) is 11.5 Å². The van der Waals surface area contributed by atoms with Crippen molar-refractivity contribution in [1.82, 2.24) is 15.3 Å². The molecule has 1 amide bonds. The van der Waals surface area contributed by atoms with Gasteiger partial charge in [0.05, 0.1) is 11.3 Å². The summed E-state index contributed by atoms with van der Waals surface area (Å²) in [5.74, 6) is 0.523. The molecule has 0 saturated carbocycles.